The maximum Gasteiger partial charge on any atom is 0.161 e. The molecule has 0 saturated heterocycles. The monoisotopic (exact) mass is 549 g/mol. The molecule has 1 unspecified atom stereocenters. The molecule has 0 radical (unpaired) electrons. The average molecular weight is 550 g/mol. The molecular formula is C35H35NO5. The molecule has 6 heteroatoms. The predicted molar refractivity (Wildman–Crippen MR) is 163 cm³/mol. The number of hydrogen-bond donors (Lipinski definition) is 0. The molecule has 0 spiro atoms. The molecule has 0 aliphatic carbocycles. The molecule has 0 N–H and O–H groups in total. The third-order valence-corrected chi connectivity index (χ3v) is 8.12. The Morgan fingerprint density at radius 1 is 0.659 bits per heavy atom. The predicted octanol–water partition coefficient (Wildman–Crippen LogP) is 7.18. The van der Waals surface area contributed by atoms with Gasteiger partial charge in [-0.3, -0.25) is 4.90 Å². The van der Waals surface area contributed by atoms with E-state index in [4.69, 9.17) is 23.7 Å². The van der Waals surface area contributed by atoms with Crippen molar-refractivity contribution in [2.75, 3.05) is 42.0 Å². The summed E-state index contributed by atoms with van der Waals surface area (Å²) in [5.41, 5.74) is 4.81. The summed E-state index contributed by atoms with van der Waals surface area (Å²) in [5, 5.41) is 4.42. The molecule has 210 valence electrons. The highest BCUT2D eigenvalue weighted by molar-refractivity contribution is 6.11. The maximum atomic E-state index is 6.22. The fraction of sp³-hybridized carbons (Fsp3) is 0.257. The van der Waals surface area contributed by atoms with E-state index in [1.165, 1.54) is 16.7 Å². The number of ether oxygens (including phenoxy) is 5. The molecule has 1 heterocycles. The van der Waals surface area contributed by atoms with Crippen molar-refractivity contribution >= 4 is 21.5 Å². The van der Waals surface area contributed by atoms with Gasteiger partial charge in [-0.1, -0.05) is 36.4 Å². The first-order chi connectivity index (χ1) is 20.0. The molecule has 0 aromatic heterocycles. The highest BCUT2D eigenvalue weighted by Gasteiger charge is 2.30. The van der Waals surface area contributed by atoms with Crippen LogP contribution in [0.2, 0.25) is 0 Å². The van der Waals surface area contributed by atoms with E-state index in [9.17, 15) is 0 Å². The largest absolute Gasteiger partial charge is 0.493 e. The van der Waals surface area contributed by atoms with Gasteiger partial charge < -0.3 is 23.7 Å². The third-order valence-electron chi connectivity index (χ3n) is 8.12. The van der Waals surface area contributed by atoms with Gasteiger partial charge in [0.1, 0.15) is 12.4 Å². The van der Waals surface area contributed by atoms with Crippen molar-refractivity contribution in [2.24, 2.45) is 0 Å². The molecule has 0 bridgehead atoms. The van der Waals surface area contributed by atoms with E-state index in [0.717, 1.165) is 57.3 Å². The van der Waals surface area contributed by atoms with Crippen LogP contribution in [0.15, 0.2) is 78.9 Å². The van der Waals surface area contributed by atoms with Crippen LogP contribution in [0.1, 0.15) is 28.3 Å². The Morgan fingerprint density at radius 3 is 2.02 bits per heavy atom. The SMILES string of the molecule is COc1cc2c(cc1OC)C(c1cc3ccc(OCc4ccccc4)cc3c3cc(OC)c(OC)cc13)N(C)CC2. The zero-order valence-corrected chi connectivity index (χ0v) is 24.2. The first kappa shape index (κ1) is 26.8. The van der Waals surface area contributed by atoms with Crippen LogP contribution in [0.3, 0.4) is 0 Å². The third kappa shape index (κ3) is 4.89. The van der Waals surface area contributed by atoms with Crippen LogP contribution in [0.5, 0.6) is 28.7 Å². The standard InChI is InChI=1S/C35H35NO5/c1-36-14-13-24-16-31(37-2)32(38-3)18-27(24)35(36)30-15-23-11-12-25(41-21-22-9-7-6-8-10-22)17-26(23)28-19-33(39-4)34(40-5)20-29(28)30/h6-12,15-20,35H,13-14,21H2,1-5H3. The summed E-state index contributed by atoms with van der Waals surface area (Å²) in [6.07, 6.45) is 0.938. The molecule has 6 nitrogen and oxygen atoms in total. The second kappa shape index (κ2) is 11.2. The average Bonchev–Trinajstić information content (AvgIpc) is 3.02. The van der Waals surface area contributed by atoms with Crippen molar-refractivity contribution in [3.05, 3.63) is 101 Å². The summed E-state index contributed by atoms with van der Waals surface area (Å²) in [7, 11) is 8.91. The summed E-state index contributed by atoms with van der Waals surface area (Å²) in [5.74, 6) is 3.70. The number of likely N-dealkylation sites (N-methyl/N-ethyl adjacent to an activating group) is 1. The smallest absolute Gasteiger partial charge is 0.161 e. The van der Waals surface area contributed by atoms with Gasteiger partial charge in [0.25, 0.3) is 0 Å². The van der Waals surface area contributed by atoms with Gasteiger partial charge >= 0.3 is 0 Å². The number of methoxy groups -OCH3 is 4. The van der Waals surface area contributed by atoms with Gasteiger partial charge in [0.15, 0.2) is 23.0 Å². The maximum absolute atomic E-state index is 6.22. The van der Waals surface area contributed by atoms with E-state index >= 15 is 0 Å². The normalized spacial score (nSPS) is 15.0. The quantitative estimate of drug-likeness (QED) is 0.191. The number of benzene rings is 5. The fourth-order valence-electron chi connectivity index (χ4n) is 6.01. The Morgan fingerprint density at radius 2 is 1.32 bits per heavy atom. The van der Waals surface area contributed by atoms with Crippen molar-refractivity contribution in [1.82, 2.24) is 4.90 Å². The van der Waals surface area contributed by atoms with E-state index in [1.54, 1.807) is 28.4 Å². The number of hydrogen-bond acceptors (Lipinski definition) is 6. The summed E-state index contributed by atoms with van der Waals surface area (Å²) in [6.45, 7) is 1.43. The minimum absolute atomic E-state index is 0.0116. The first-order valence-corrected chi connectivity index (χ1v) is 13.8. The highest BCUT2D eigenvalue weighted by atomic mass is 16.5. The van der Waals surface area contributed by atoms with Gasteiger partial charge in [-0.25, -0.2) is 0 Å². The molecule has 0 fully saturated rings. The minimum atomic E-state index is 0.0116. The summed E-state index contributed by atoms with van der Waals surface area (Å²) < 4.78 is 29.1. The van der Waals surface area contributed by atoms with Crippen molar-refractivity contribution in [1.29, 1.82) is 0 Å². The molecule has 5 aromatic rings. The first-order valence-electron chi connectivity index (χ1n) is 13.8. The fourth-order valence-corrected chi connectivity index (χ4v) is 6.01. The van der Waals surface area contributed by atoms with Crippen molar-refractivity contribution in [3.63, 3.8) is 0 Å². The van der Waals surface area contributed by atoms with Crippen LogP contribution in [0.25, 0.3) is 21.5 Å². The van der Waals surface area contributed by atoms with E-state index in [-0.39, 0.29) is 6.04 Å². The molecular weight excluding hydrogens is 514 g/mol. The second-order valence-corrected chi connectivity index (χ2v) is 10.4. The van der Waals surface area contributed by atoms with Crippen LogP contribution in [0, 0.1) is 0 Å². The zero-order chi connectivity index (χ0) is 28.5. The lowest BCUT2D eigenvalue weighted by molar-refractivity contribution is 0.264. The van der Waals surface area contributed by atoms with Crippen LogP contribution >= 0.6 is 0 Å². The molecule has 1 atom stereocenters. The van der Waals surface area contributed by atoms with Crippen molar-refractivity contribution < 1.29 is 23.7 Å². The Kier molecular flexibility index (Phi) is 7.33. The van der Waals surface area contributed by atoms with Crippen LogP contribution in [0.4, 0.5) is 0 Å². The molecule has 6 rings (SSSR count). The van der Waals surface area contributed by atoms with Crippen molar-refractivity contribution in [3.8, 4) is 28.7 Å². The van der Waals surface area contributed by atoms with E-state index in [1.807, 2.05) is 24.3 Å². The summed E-state index contributed by atoms with van der Waals surface area (Å²) in [6, 6.07) is 27.3. The lowest BCUT2D eigenvalue weighted by Crippen LogP contribution is -2.33. The van der Waals surface area contributed by atoms with Crippen LogP contribution in [-0.2, 0) is 13.0 Å². The van der Waals surface area contributed by atoms with Gasteiger partial charge in [-0.2, -0.15) is 0 Å². The van der Waals surface area contributed by atoms with Gasteiger partial charge in [0, 0.05) is 6.54 Å². The topological polar surface area (TPSA) is 49.4 Å². The van der Waals surface area contributed by atoms with E-state index < -0.39 is 0 Å². The van der Waals surface area contributed by atoms with Gasteiger partial charge in [-0.05, 0) is 99.7 Å². The number of fused-ring (bicyclic) bond motifs is 4. The number of rotatable bonds is 8. The van der Waals surface area contributed by atoms with Gasteiger partial charge in [0.05, 0.1) is 34.5 Å². The molecule has 1 aliphatic rings. The Hall–Kier alpha value is -4.42. The number of nitrogens with zero attached hydrogens (tertiary/aromatic N) is 1. The van der Waals surface area contributed by atoms with Crippen LogP contribution < -0.4 is 23.7 Å². The van der Waals surface area contributed by atoms with E-state index in [0.29, 0.717) is 18.1 Å². The molecule has 0 saturated carbocycles. The second-order valence-electron chi connectivity index (χ2n) is 10.4. The van der Waals surface area contributed by atoms with Gasteiger partial charge in [-0.15, -0.1) is 0 Å². The molecule has 5 aromatic carbocycles. The zero-order valence-electron chi connectivity index (χ0n) is 24.2. The Bertz CT molecular complexity index is 1720. The minimum Gasteiger partial charge on any atom is -0.493 e. The molecule has 0 amide bonds. The molecule has 41 heavy (non-hydrogen) atoms. The lowest BCUT2D eigenvalue weighted by atomic mass is 9.84. The van der Waals surface area contributed by atoms with Crippen molar-refractivity contribution in [2.45, 2.75) is 19.1 Å². The summed E-state index contributed by atoms with van der Waals surface area (Å²) in [4.78, 5) is 2.41. The highest BCUT2D eigenvalue weighted by Crippen LogP contribution is 2.46. The molecule has 1 aliphatic heterocycles. The van der Waals surface area contributed by atoms with E-state index in [2.05, 4.69) is 66.5 Å². The lowest BCUT2D eigenvalue weighted by Gasteiger charge is -2.36. The Balaban J connectivity index is 1.55. The summed E-state index contributed by atoms with van der Waals surface area (Å²) >= 11 is 0. The van der Waals surface area contributed by atoms with Gasteiger partial charge in [0.2, 0.25) is 0 Å². The Labute approximate surface area is 241 Å². The van der Waals surface area contributed by atoms with Crippen LogP contribution in [-0.4, -0.2) is 46.9 Å².